The zero-order valence-corrected chi connectivity index (χ0v) is 9.29. The number of rotatable bonds is 2. The van der Waals surface area contributed by atoms with Crippen molar-refractivity contribution >= 4 is 5.91 Å². The molecular formula is C13H11NO4. The molecular weight excluding hydrogens is 234 g/mol. The topological polar surface area (TPSA) is 104 Å². The van der Waals surface area contributed by atoms with Crippen molar-refractivity contribution in [3.05, 3.63) is 42.0 Å². The molecule has 0 bridgehead atoms. The third kappa shape index (κ3) is 1.82. The van der Waals surface area contributed by atoms with Crippen LogP contribution in [0.5, 0.6) is 17.2 Å². The Morgan fingerprint density at radius 3 is 2.17 bits per heavy atom. The average Bonchev–Trinajstić information content (AvgIpc) is 2.35. The van der Waals surface area contributed by atoms with Gasteiger partial charge in [-0.25, -0.2) is 0 Å². The fourth-order valence-electron chi connectivity index (χ4n) is 1.72. The highest BCUT2D eigenvalue weighted by atomic mass is 16.3. The Balaban J connectivity index is 2.71. The molecule has 0 saturated heterocycles. The molecule has 0 aliphatic heterocycles. The summed E-state index contributed by atoms with van der Waals surface area (Å²) in [5, 5.41) is 29.3. The summed E-state index contributed by atoms with van der Waals surface area (Å²) in [6.45, 7) is 0. The van der Waals surface area contributed by atoms with Crippen molar-refractivity contribution in [3.8, 4) is 28.4 Å². The van der Waals surface area contributed by atoms with Crippen molar-refractivity contribution in [2.45, 2.75) is 0 Å². The first kappa shape index (κ1) is 11.8. The van der Waals surface area contributed by atoms with Gasteiger partial charge in [0.15, 0.2) is 11.5 Å². The van der Waals surface area contributed by atoms with Gasteiger partial charge >= 0.3 is 0 Å². The number of carbonyl (C=O) groups is 1. The van der Waals surface area contributed by atoms with Crippen LogP contribution in [-0.2, 0) is 0 Å². The summed E-state index contributed by atoms with van der Waals surface area (Å²) in [7, 11) is 0. The molecule has 0 aliphatic carbocycles. The number of carbonyl (C=O) groups excluding carboxylic acids is 1. The first-order chi connectivity index (χ1) is 8.52. The summed E-state index contributed by atoms with van der Waals surface area (Å²) < 4.78 is 0. The predicted octanol–water partition coefficient (Wildman–Crippen LogP) is 1.57. The second kappa shape index (κ2) is 4.29. The van der Waals surface area contributed by atoms with Gasteiger partial charge in [0, 0.05) is 0 Å². The van der Waals surface area contributed by atoms with Crippen LogP contribution in [0.4, 0.5) is 0 Å². The molecule has 2 rings (SSSR count). The molecule has 0 spiro atoms. The van der Waals surface area contributed by atoms with Crippen LogP contribution in [0, 0.1) is 0 Å². The van der Waals surface area contributed by atoms with Crippen LogP contribution in [0.1, 0.15) is 10.4 Å². The van der Waals surface area contributed by atoms with E-state index in [0.29, 0.717) is 5.56 Å². The molecule has 18 heavy (non-hydrogen) atoms. The van der Waals surface area contributed by atoms with E-state index < -0.39 is 17.4 Å². The lowest BCUT2D eigenvalue weighted by Crippen LogP contribution is -2.11. The lowest BCUT2D eigenvalue weighted by Gasteiger charge is -2.11. The minimum atomic E-state index is -0.933. The number of benzene rings is 2. The molecule has 0 atom stereocenters. The third-order valence-electron chi connectivity index (χ3n) is 2.58. The molecule has 0 radical (unpaired) electrons. The number of phenols is 3. The van der Waals surface area contributed by atoms with Crippen molar-refractivity contribution < 1.29 is 20.1 Å². The van der Waals surface area contributed by atoms with Crippen molar-refractivity contribution in [2.24, 2.45) is 5.73 Å². The molecule has 92 valence electrons. The van der Waals surface area contributed by atoms with Crippen LogP contribution in [0.15, 0.2) is 36.4 Å². The summed E-state index contributed by atoms with van der Waals surface area (Å²) in [5.74, 6) is -2.47. The number of phenolic OH excluding ortho intramolecular Hbond substituents is 2. The fourth-order valence-corrected chi connectivity index (χ4v) is 1.72. The Hall–Kier alpha value is -2.69. The second-order valence-electron chi connectivity index (χ2n) is 3.75. The van der Waals surface area contributed by atoms with Gasteiger partial charge in [-0.1, -0.05) is 30.3 Å². The van der Waals surface area contributed by atoms with Gasteiger partial charge in [0.05, 0.1) is 11.1 Å². The molecule has 0 saturated carbocycles. The van der Waals surface area contributed by atoms with Gasteiger partial charge in [-0.05, 0) is 11.6 Å². The first-order valence-electron chi connectivity index (χ1n) is 5.15. The first-order valence-corrected chi connectivity index (χ1v) is 5.15. The second-order valence-corrected chi connectivity index (χ2v) is 3.75. The van der Waals surface area contributed by atoms with Crippen molar-refractivity contribution in [3.63, 3.8) is 0 Å². The highest BCUT2D eigenvalue weighted by Gasteiger charge is 2.20. The van der Waals surface area contributed by atoms with E-state index in [9.17, 15) is 20.1 Å². The predicted molar refractivity (Wildman–Crippen MR) is 65.4 cm³/mol. The lowest BCUT2D eigenvalue weighted by atomic mass is 10.00. The van der Waals surface area contributed by atoms with E-state index in [4.69, 9.17) is 5.73 Å². The largest absolute Gasteiger partial charge is 0.507 e. The fraction of sp³-hybridized carbons (Fsp3) is 0. The number of aromatic hydroxyl groups is 3. The standard InChI is InChI=1S/C13H11NO4/c14-13(18)8-6-9(15)10(12(17)11(8)16)7-4-2-1-3-5-7/h1-6,15-17H,(H2,14,18). The molecule has 0 unspecified atom stereocenters. The summed E-state index contributed by atoms with van der Waals surface area (Å²) in [4.78, 5) is 11.0. The number of primary amides is 1. The molecule has 2 aromatic carbocycles. The molecule has 5 nitrogen and oxygen atoms in total. The molecule has 0 heterocycles. The Labute approximate surface area is 103 Å². The van der Waals surface area contributed by atoms with E-state index in [-0.39, 0.29) is 16.9 Å². The molecule has 5 N–H and O–H groups in total. The van der Waals surface area contributed by atoms with Crippen LogP contribution in [0.25, 0.3) is 11.1 Å². The van der Waals surface area contributed by atoms with E-state index in [1.54, 1.807) is 30.3 Å². The van der Waals surface area contributed by atoms with Crippen LogP contribution >= 0.6 is 0 Å². The lowest BCUT2D eigenvalue weighted by molar-refractivity contribution is 0.0996. The maximum absolute atomic E-state index is 11.0. The number of hydrogen-bond donors (Lipinski definition) is 4. The molecule has 0 aromatic heterocycles. The van der Waals surface area contributed by atoms with E-state index in [1.807, 2.05) is 0 Å². The van der Waals surface area contributed by atoms with Crippen LogP contribution in [0.3, 0.4) is 0 Å². The molecule has 2 aromatic rings. The third-order valence-corrected chi connectivity index (χ3v) is 2.58. The minimum absolute atomic E-state index is 0.0538. The molecule has 5 heteroatoms. The Morgan fingerprint density at radius 1 is 1.00 bits per heavy atom. The smallest absolute Gasteiger partial charge is 0.252 e. The van der Waals surface area contributed by atoms with E-state index >= 15 is 0 Å². The number of hydrogen-bond acceptors (Lipinski definition) is 4. The van der Waals surface area contributed by atoms with Crippen LogP contribution < -0.4 is 5.73 Å². The van der Waals surface area contributed by atoms with E-state index in [2.05, 4.69) is 0 Å². The van der Waals surface area contributed by atoms with Crippen molar-refractivity contribution in [1.29, 1.82) is 0 Å². The SMILES string of the molecule is NC(=O)c1cc(O)c(-c2ccccc2)c(O)c1O. The van der Waals surface area contributed by atoms with Gasteiger partial charge < -0.3 is 21.1 Å². The number of nitrogens with two attached hydrogens (primary N) is 1. The molecule has 0 fully saturated rings. The number of amides is 1. The highest BCUT2D eigenvalue weighted by molar-refractivity contribution is 5.99. The van der Waals surface area contributed by atoms with Gasteiger partial charge in [0.25, 0.3) is 5.91 Å². The summed E-state index contributed by atoms with van der Waals surface area (Å²) in [6, 6.07) is 9.53. The summed E-state index contributed by atoms with van der Waals surface area (Å²) >= 11 is 0. The maximum Gasteiger partial charge on any atom is 0.252 e. The molecule has 1 amide bonds. The Morgan fingerprint density at radius 2 is 1.61 bits per heavy atom. The maximum atomic E-state index is 11.0. The van der Waals surface area contributed by atoms with E-state index in [1.165, 1.54) is 0 Å². The zero-order valence-electron chi connectivity index (χ0n) is 9.29. The van der Waals surface area contributed by atoms with Gasteiger partial charge in [-0.2, -0.15) is 0 Å². The van der Waals surface area contributed by atoms with Crippen molar-refractivity contribution in [1.82, 2.24) is 0 Å². The van der Waals surface area contributed by atoms with Crippen LogP contribution in [0.2, 0.25) is 0 Å². The quantitative estimate of drug-likeness (QED) is 0.476. The average molecular weight is 245 g/mol. The van der Waals surface area contributed by atoms with Gasteiger partial charge in [0.2, 0.25) is 0 Å². The minimum Gasteiger partial charge on any atom is -0.507 e. The zero-order chi connectivity index (χ0) is 13.3. The van der Waals surface area contributed by atoms with Gasteiger partial charge in [-0.3, -0.25) is 4.79 Å². The van der Waals surface area contributed by atoms with Gasteiger partial charge in [-0.15, -0.1) is 0 Å². The monoisotopic (exact) mass is 245 g/mol. The summed E-state index contributed by atoms with van der Waals surface area (Å²) in [6.07, 6.45) is 0. The highest BCUT2D eigenvalue weighted by Crippen LogP contribution is 2.44. The Kier molecular flexibility index (Phi) is 2.81. The van der Waals surface area contributed by atoms with Crippen LogP contribution in [-0.4, -0.2) is 21.2 Å². The van der Waals surface area contributed by atoms with Gasteiger partial charge in [0.1, 0.15) is 5.75 Å². The molecule has 0 aliphatic rings. The van der Waals surface area contributed by atoms with Crippen molar-refractivity contribution in [2.75, 3.05) is 0 Å². The summed E-state index contributed by atoms with van der Waals surface area (Å²) in [5.41, 5.74) is 5.26. The van der Waals surface area contributed by atoms with E-state index in [0.717, 1.165) is 6.07 Å². The normalized spacial score (nSPS) is 10.2. The Bertz CT molecular complexity index is 608.